The number of nitrogens with zero attached hydrogens (tertiary/aromatic N) is 4. The molecular weight excluding hydrogens is 276 g/mol. The number of ether oxygens (including phenoxy) is 1. The third-order valence-corrected chi connectivity index (χ3v) is 3.99. The molecule has 0 N–H and O–H groups in total. The van der Waals surface area contributed by atoms with Crippen LogP contribution in [0.4, 0.5) is 0 Å². The molecule has 5 nitrogen and oxygen atoms in total. The molecule has 2 aromatic rings. The second kappa shape index (κ2) is 6.40. The van der Waals surface area contributed by atoms with E-state index in [4.69, 9.17) is 9.72 Å². The summed E-state index contributed by atoms with van der Waals surface area (Å²) in [4.78, 5) is 15.9. The summed E-state index contributed by atoms with van der Waals surface area (Å²) in [7, 11) is 1.67. The fraction of sp³-hybridized carbons (Fsp3) is 0.471. The molecule has 116 valence electrons. The van der Waals surface area contributed by atoms with Crippen LogP contribution in [-0.2, 0) is 19.5 Å². The smallest absolute Gasteiger partial charge is 0.217 e. The molecule has 3 heterocycles. The minimum absolute atomic E-state index is 0.378. The summed E-state index contributed by atoms with van der Waals surface area (Å²) in [6.45, 7) is 6.98. The molecule has 1 aliphatic heterocycles. The number of methoxy groups -OCH3 is 1. The van der Waals surface area contributed by atoms with Gasteiger partial charge in [0.25, 0.3) is 0 Å². The van der Waals surface area contributed by atoms with E-state index in [1.807, 2.05) is 12.3 Å². The highest BCUT2D eigenvalue weighted by atomic mass is 16.5. The summed E-state index contributed by atoms with van der Waals surface area (Å²) in [6, 6.07) is 4.02. The van der Waals surface area contributed by atoms with Crippen LogP contribution in [0.25, 0.3) is 0 Å². The maximum atomic E-state index is 5.34. The monoisotopic (exact) mass is 298 g/mol. The van der Waals surface area contributed by atoms with Crippen molar-refractivity contribution in [1.82, 2.24) is 19.9 Å². The van der Waals surface area contributed by atoms with Crippen LogP contribution in [0.2, 0.25) is 0 Å². The highest BCUT2D eigenvalue weighted by Crippen LogP contribution is 2.22. The average Bonchev–Trinajstić information content (AvgIpc) is 2.54. The summed E-state index contributed by atoms with van der Waals surface area (Å²) >= 11 is 0. The Labute approximate surface area is 131 Å². The largest absolute Gasteiger partial charge is 0.481 e. The first kappa shape index (κ1) is 14.9. The van der Waals surface area contributed by atoms with Crippen LogP contribution in [0.15, 0.2) is 24.5 Å². The van der Waals surface area contributed by atoms with Crippen molar-refractivity contribution in [3.63, 3.8) is 0 Å². The van der Waals surface area contributed by atoms with Crippen molar-refractivity contribution < 1.29 is 4.74 Å². The Morgan fingerprint density at radius 3 is 2.95 bits per heavy atom. The molecule has 0 saturated carbocycles. The fourth-order valence-corrected chi connectivity index (χ4v) is 2.77. The maximum absolute atomic E-state index is 5.34. The molecule has 0 aromatic carbocycles. The third kappa shape index (κ3) is 3.09. The minimum atomic E-state index is 0.378. The number of aromatic nitrogens is 3. The van der Waals surface area contributed by atoms with Crippen molar-refractivity contribution in [2.75, 3.05) is 13.7 Å². The van der Waals surface area contributed by atoms with Crippen LogP contribution in [0, 0.1) is 0 Å². The van der Waals surface area contributed by atoms with E-state index in [9.17, 15) is 0 Å². The van der Waals surface area contributed by atoms with Crippen LogP contribution < -0.4 is 4.74 Å². The van der Waals surface area contributed by atoms with Gasteiger partial charge in [-0.25, -0.2) is 15.0 Å². The Balaban J connectivity index is 1.74. The molecule has 1 aliphatic rings. The van der Waals surface area contributed by atoms with Crippen molar-refractivity contribution in [2.45, 2.75) is 39.3 Å². The van der Waals surface area contributed by atoms with Crippen molar-refractivity contribution in [3.05, 3.63) is 47.2 Å². The van der Waals surface area contributed by atoms with Crippen LogP contribution in [-0.4, -0.2) is 33.5 Å². The second-order valence-electron chi connectivity index (χ2n) is 5.99. The molecule has 0 spiro atoms. The van der Waals surface area contributed by atoms with Gasteiger partial charge in [0.1, 0.15) is 5.82 Å². The lowest BCUT2D eigenvalue weighted by Gasteiger charge is -2.28. The van der Waals surface area contributed by atoms with Gasteiger partial charge in [-0.1, -0.05) is 19.9 Å². The topological polar surface area (TPSA) is 51.1 Å². The van der Waals surface area contributed by atoms with E-state index in [1.54, 1.807) is 13.3 Å². The van der Waals surface area contributed by atoms with Crippen molar-refractivity contribution in [2.24, 2.45) is 0 Å². The third-order valence-electron chi connectivity index (χ3n) is 3.99. The quantitative estimate of drug-likeness (QED) is 0.868. The number of hydrogen-bond donors (Lipinski definition) is 0. The summed E-state index contributed by atoms with van der Waals surface area (Å²) < 4.78 is 5.34. The maximum Gasteiger partial charge on any atom is 0.217 e. The Morgan fingerprint density at radius 2 is 2.18 bits per heavy atom. The zero-order chi connectivity index (χ0) is 15.5. The lowest BCUT2D eigenvalue weighted by molar-refractivity contribution is 0.237. The summed E-state index contributed by atoms with van der Waals surface area (Å²) in [5, 5.41) is 0. The first-order chi connectivity index (χ1) is 10.7. The lowest BCUT2D eigenvalue weighted by atomic mass is 10.1. The van der Waals surface area contributed by atoms with Gasteiger partial charge in [0.2, 0.25) is 5.88 Å². The molecule has 0 aliphatic carbocycles. The van der Waals surface area contributed by atoms with E-state index in [2.05, 4.69) is 34.8 Å². The zero-order valence-corrected chi connectivity index (χ0v) is 13.4. The normalized spacial score (nSPS) is 14.9. The van der Waals surface area contributed by atoms with Crippen LogP contribution >= 0.6 is 0 Å². The predicted octanol–water partition coefficient (Wildman–Crippen LogP) is 2.56. The molecule has 3 rings (SSSR count). The van der Waals surface area contributed by atoms with Gasteiger partial charge in [0.15, 0.2) is 0 Å². The van der Waals surface area contributed by atoms with E-state index in [0.29, 0.717) is 11.8 Å². The zero-order valence-electron chi connectivity index (χ0n) is 13.4. The van der Waals surface area contributed by atoms with E-state index in [-0.39, 0.29) is 0 Å². The Bertz CT molecular complexity index is 657. The van der Waals surface area contributed by atoms with Gasteiger partial charge in [-0.2, -0.15) is 0 Å². The van der Waals surface area contributed by atoms with E-state index >= 15 is 0 Å². The van der Waals surface area contributed by atoms with Crippen LogP contribution in [0.3, 0.4) is 0 Å². The molecule has 0 fully saturated rings. The summed E-state index contributed by atoms with van der Waals surface area (Å²) in [6.07, 6.45) is 4.72. The predicted molar refractivity (Wildman–Crippen MR) is 84.7 cm³/mol. The molecule has 0 unspecified atom stereocenters. The standard InChI is InChI=1S/C17H22N4O/c1-12(2)16-19-9-14-11-21(8-6-15(14)20-16)10-13-5-4-7-18-17(13)22-3/h4-5,7,9,12H,6,8,10-11H2,1-3H3. The molecule has 0 atom stereocenters. The van der Waals surface area contributed by atoms with Gasteiger partial charge < -0.3 is 4.74 Å². The van der Waals surface area contributed by atoms with Gasteiger partial charge in [0, 0.05) is 61.2 Å². The van der Waals surface area contributed by atoms with Gasteiger partial charge in [-0.3, -0.25) is 4.90 Å². The molecule has 5 heteroatoms. The number of rotatable bonds is 4. The first-order valence-corrected chi connectivity index (χ1v) is 7.72. The average molecular weight is 298 g/mol. The van der Waals surface area contributed by atoms with Crippen molar-refractivity contribution in [1.29, 1.82) is 0 Å². The van der Waals surface area contributed by atoms with E-state index in [0.717, 1.165) is 37.4 Å². The van der Waals surface area contributed by atoms with Gasteiger partial charge >= 0.3 is 0 Å². The molecule has 0 saturated heterocycles. The molecule has 0 amide bonds. The van der Waals surface area contributed by atoms with Gasteiger partial charge in [-0.15, -0.1) is 0 Å². The van der Waals surface area contributed by atoms with Crippen molar-refractivity contribution in [3.8, 4) is 5.88 Å². The number of pyridine rings is 1. The lowest BCUT2D eigenvalue weighted by Crippen LogP contribution is -2.31. The van der Waals surface area contributed by atoms with E-state index < -0.39 is 0 Å². The molecule has 0 radical (unpaired) electrons. The van der Waals surface area contributed by atoms with Gasteiger partial charge in [-0.05, 0) is 6.07 Å². The minimum Gasteiger partial charge on any atom is -0.481 e. The highest BCUT2D eigenvalue weighted by Gasteiger charge is 2.20. The molecule has 22 heavy (non-hydrogen) atoms. The summed E-state index contributed by atoms with van der Waals surface area (Å²) in [5.41, 5.74) is 3.56. The fourth-order valence-electron chi connectivity index (χ4n) is 2.77. The van der Waals surface area contributed by atoms with Crippen LogP contribution in [0.5, 0.6) is 5.88 Å². The molecule has 2 aromatic heterocycles. The van der Waals surface area contributed by atoms with Crippen molar-refractivity contribution >= 4 is 0 Å². The Hall–Kier alpha value is -2.01. The molecule has 0 bridgehead atoms. The second-order valence-corrected chi connectivity index (χ2v) is 5.99. The Morgan fingerprint density at radius 1 is 1.32 bits per heavy atom. The van der Waals surface area contributed by atoms with Gasteiger partial charge in [0.05, 0.1) is 7.11 Å². The SMILES string of the molecule is COc1ncccc1CN1CCc2nc(C(C)C)ncc2C1. The summed E-state index contributed by atoms with van der Waals surface area (Å²) in [5.74, 6) is 2.03. The first-order valence-electron chi connectivity index (χ1n) is 7.72. The number of fused-ring (bicyclic) bond motifs is 1. The van der Waals surface area contributed by atoms with E-state index in [1.165, 1.54) is 11.3 Å². The van der Waals surface area contributed by atoms with Crippen LogP contribution in [0.1, 0.15) is 42.4 Å². The molecular formula is C17H22N4O. The number of hydrogen-bond acceptors (Lipinski definition) is 5. The highest BCUT2D eigenvalue weighted by molar-refractivity contribution is 5.26. The Kier molecular flexibility index (Phi) is 4.34.